The zero-order chi connectivity index (χ0) is 7.44. The van der Waals surface area contributed by atoms with Gasteiger partial charge in [0.15, 0.2) is 0 Å². The number of hydrogen-bond acceptors (Lipinski definition) is 1. The normalized spacial score (nSPS) is 12.9. The molecular weight excluding hydrogens is 112 g/mol. The maximum atomic E-state index is 7.26. The largest absolute Gasteiger partial charge is 0.361 e. The number of nitrogens with zero attached hydrogens (tertiary/aromatic N) is 1. The van der Waals surface area contributed by atoms with Crippen LogP contribution in [0.3, 0.4) is 0 Å². The highest BCUT2D eigenvalue weighted by Gasteiger charge is 2.04. The van der Waals surface area contributed by atoms with Crippen molar-refractivity contribution >= 4 is 5.84 Å². The molecule has 9 heavy (non-hydrogen) atoms. The van der Waals surface area contributed by atoms with E-state index < -0.39 is 0 Å². The molecule has 0 aromatic heterocycles. The van der Waals surface area contributed by atoms with Crippen molar-refractivity contribution < 1.29 is 0 Å². The lowest BCUT2D eigenvalue weighted by Gasteiger charge is -2.23. The lowest BCUT2D eigenvalue weighted by molar-refractivity contribution is 0.376. The molecule has 1 N–H and O–H groups in total. The van der Waals surface area contributed by atoms with Gasteiger partial charge in [0.1, 0.15) is 0 Å². The van der Waals surface area contributed by atoms with Gasteiger partial charge in [-0.3, -0.25) is 5.41 Å². The molecule has 54 valence electrons. The first-order valence-corrected chi connectivity index (χ1v) is 3.37. The van der Waals surface area contributed by atoms with Gasteiger partial charge in [-0.05, 0) is 20.3 Å². The Bertz CT molecular complexity index is 99.1. The van der Waals surface area contributed by atoms with Crippen LogP contribution in [0.5, 0.6) is 0 Å². The summed E-state index contributed by atoms with van der Waals surface area (Å²) in [5.74, 6) is 0.643. The van der Waals surface area contributed by atoms with Gasteiger partial charge in [0.25, 0.3) is 0 Å². The van der Waals surface area contributed by atoms with Crippen LogP contribution in [-0.4, -0.2) is 23.8 Å². The molecule has 1 atom stereocenters. The fraction of sp³-hybridized carbons (Fsp3) is 0.857. The van der Waals surface area contributed by atoms with E-state index in [4.69, 9.17) is 5.41 Å². The van der Waals surface area contributed by atoms with E-state index in [0.717, 1.165) is 6.42 Å². The fourth-order valence-electron chi connectivity index (χ4n) is 0.604. The Balaban J connectivity index is 3.72. The van der Waals surface area contributed by atoms with Crippen LogP contribution in [0.1, 0.15) is 27.2 Å². The third-order valence-corrected chi connectivity index (χ3v) is 1.78. The van der Waals surface area contributed by atoms with Gasteiger partial charge in [-0.2, -0.15) is 0 Å². The second-order valence-electron chi connectivity index (χ2n) is 2.45. The predicted molar refractivity (Wildman–Crippen MR) is 40.9 cm³/mol. The maximum Gasteiger partial charge on any atom is 0.0925 e. The Hall–Kier alpha value is -0.530. The van der Waals surface area contributed by atoms with Crippen LogP contribution < -0.4 is 0 Å². The van der Waals surface area contributed by atoms with Crippen molar-refractivity contribution in [1.82, 2.24) is 4.90 Å². The zero-order valence-corrected chi connectivity index (χ0v) is 6.73. The summed E-state index contributed by atoms with van der Waals surface area (Å²) in [7, 11) is 1.95. The van der Waals surface area contributed by atoms with E-state index in [1.165, 1.54) is 0 Å². The van der Waals surface area contributed by atoms with Crippen molar-refractivity contribution in [2.24, 2.45) is 0 Å². The van der Waals surface area contributed by atoms with Crippen LogP contribution >= 0.6 is 0 Å². The Labute approximate surface area is 57.4 Å². The summed E-state index contributed by atoms with van der Waals surface area (Å²) < 4.78 is 0. The summed E-state index contributed by atoms with van der Waals surface area (Å²) in [6.45, 7) is 6.06. The lowest BCUT2D eigenvalue weighted by atomic mass is 10.2. The number of amidine groups is 1. The van der Waals surface area contributed by atoms with Gasteiger partial charge in [0, 0.05) is 13.1 Å². The van der Waals surface area contributed by atoms with Crippen LogP contribution in [0.4, 0.5) is 0 Å². The van der Waals surface area contributed by atoms with Crippen LogP contribution in [0.25, 0.3) is 0 Å². The smallest absolute Gasteiger partial charge is 0.0925 e. The third-order valence-electron chi connectivity index (χ3n) is 1.78. The van der Waals surface area contributed by atoms with E-state index in [9.17, 15) is 0 Å². The molecule has 0 aromatic rings. The highest BCUT2D eigenvalue weighted by atomic mass is 15.2. The van der Waals surface area contributed by atoms with E-state index in [2.05, 4.69) is 13.8 Å². The van der Waals surface area contributed by atoms with Gasteiger partial charge in [0.05, 0.1) is 5.84 Å². The first-order chi connectivity index (χ1) is 4.09. The van der Waals surface area contributed by atoms with Gasteiger partial charge in [-0.1, -0.05) is 6.92 Å². The van der Waals surface area contributed by atoms with Crippen molar-refractivity contribution in [3.8, 4) is 0 Å². The molecule has 0 bridgehead atoms. The topological polar surface area (TPSA) is 27.1 Å². The van der Waals surface area contributed by atoms with Crippen LogP contribution in [0.2, 0.25) is 0 Å². The van der Waals surface area contributed by atoms with E-state index >= 15 is 0 Å². The highest BCUT2D eigenvalue weighted by molar-refractivity contribution is 5.76. The summed E-state index contributed by atoms with van der Waals surface area (Å²) in [5, 5.41) is 7.26. The fourth-order valence-corrected chi connectivity index (χ4v) is 0.604. The molecular formula is C7H16N2. The van der Waals surface area contributed by atoms with Gasteiger partial charge in [-0.15, -0.1) is 0 Å². The average Bonchev–Trinajstić information content (AvgIpc) is 1.84. The summed E-state index contributed by atoms with van der Waals surface area (Å²) in [4.78, 5) is 1.97. The van der Waals surface area contributed by atoms with E-state index in [1.807, 2.05) is 18.9 Å². The molecule has 0 saturated carbocycles. The Morgan fingerprint density at radius 3 is 2.22 bits per heavy atom. The van der Waals surface area contributed by atoms with E-state index in [1.54, 1.807) is 0 Å². The van der Waals surface area contributed by atoms with Crippen LogP contribution in [0, 0.1) is 5.41 Å². The minimum atomic E-state index is 0.502. The first kappa shape index (κ1) is 8.47. The van der Waals surface area contributed by atoms with Gasteiger partial charge < -0.3 is 4.90 Å². The van der Waals surface area contributed by atoms with Crippen molar-refractivity contribution in [3.63, 3.8) is 0 Å². The SMILES string of the molecule is CCC(C)N(C)C(C)=N. The molecule has 0 amide bonds. The van der Waals surface area contributed by atoms with Crippen molar-refractivity contribution in [3.05, 3.63) is 0 Å². The van der Waals surface area contributed by atoms with E-state index in [-0.39, 0.29) is 0 Å². The highest BCUT2D eigenvalue weighted by Crippen LogP contribution is 1.99. The summed E-state index contributed by atoms with van der Waals surface area (Å²) in [5.41, 5.74) is 0. The van der Waals surface area contributed by atoms with Gasteiger partial charge in [-0.25, -0.2) is 0 Å². The third kappa shape index (κ3) is 2.49. The monoisotopic (exact) mass is 128 g/mol. The Kier molecular flexibility index (Phi) is 3.28. The Morgan fingerprint density at radius 2 is 2.11 bits per heavy atom. The molecule has 0 aliphatic carbocycles. The first-order valence-electron chi connectivity index (χ1n) is 3.37. The van der Waals surface area contributed by atoms with Crippen molar-refractivity contribution in [2.75, 3.05) is 7.05 Å². The van der Waals surface area contributed by atoms with Crippen LogP contribution in [-0.2, 0) is 0 Å². The van der Waals surface area contributed by atoms with Gasteiger partial charge in [0.2, 0.25) is 0 Å². The summed E-state index contributed by atoms with van der Waals surface area (Å²) in [6.07, 6.45) is 1.10. The molecule has 2 nitrogen and oxygen atoms in total. The lowest BCUT2D eigenvalue weighted by Crippen LogP contribution is -2.31. The maximum absolute atomic E-state index is 7.26. The van der Waals surface area contributed by atoms with Gasteiger partial charge >= 0.3 is 0 Å². The molecule has 0 rings (SSSR count). The summed E-state index contributed by atoms with van der Waals surface area (Å²) in [6, 6.07) is 0.502. The zero-order valence-electron chi connectivity index (χ0n) is 6.73. The molecule has 1 unspecified atom stereocenters. The minimum absolute atomic E-state index is 0.502. The molecule has 0 heterocycles. The number of nitrogens with one attached hydrogen (secondary N) is 1. The van der Waals surface area contributed by atoms with Crippen LogP contribution in [0.15, 0.2) is 0 Å². The molecule has 0 radical (unpaired) electrons. The number of rotatable bonds is 2. The Morgan fingerprint density at radius 1 is 1.67 bits per heavy atom. The van der Waals surface area contributed by atoms with E-state index in [0.29, 0.717) is 11.9 Å². The predicted octanol–water partition coefficient (Wildman–Crippen LogP) is 1.71. The van der Waals surface area contributed by atoms with Crippen molar-refractivity contribution in [2.45, 2.75) is 33.2 Å². The molecule has 0 fully saturated rings. The molecule has 0 aliphatic heterocycles. The molecule has 0 spiro atoms. The number of hydrogen-bond donors (Lipinski definition) is 1. The second-order valence-corrected chi connectivity index (χ2v) is 2.45. The molecule has 0 aromatic carbocycles. The molecule has 2 heteroatoms. The molecule has 0 aliphatic rings. The summed E-state index contributed by atoms with van der Waals surface area (Å²) >= 11 is 0. The average molecular weight is 128 g/mol. The standard InChI is InChI=1S/C7H16N2/c1-5-6(2)9(4)7(3)8/h6,8H,5H2,1-4H3. The second kappa shape index (κ2) is 3.49. The quantitative estimate of drug-likeness (QED) is 0.445. The minimum Gasteiger partial charge on any atom is -0.361 e. The van der Waals surface area contributed by atoms with Crippen molar-refractivity contribution in [1.29, 1.82) is 5.41 Å². The molecule has 0 saturated heterocycles.